The third kappa shape index (κ3) is 2.84. The van der Waals surface area contributed by atoms with E-state index in [0.29, 0.717) is 4.47 Å². The summed E-state index contributed by atoms with van der Waals surface area (Å²) in [5.41, 5.74) is -0.0701. The SMILES string of the molecule is O=C(O)/C=C/c1c(Br)cncc1[N+](=O)[O-]. The lowest BCUT2D eigenvalue weighted by molar-refractivity contribution is -0.385. The first-order valence-electron chi connectivity index (χ1n) is 3.71. The van der Waals surface area contributed by atoms with Crippen molar-refractivity contribution in [2.45, 2.75) is 0 Å². The molecule has 0 aliphatic carbocycles. The molecule has 0 radical (unpaired) electrons. The van der Waals surface area contributed by atoms with Gasteiger partial charge in [-0.3, -0.25) is 15.1 Å². The fourth-order valence-corrected chi connectivity index (χ4v) is 1.35. The predicted octanol–water partition coefficient (Wildman–Crippen LogP) is 1.85. The Kier molecular flexibility index (Phi) is 3.51. The Balaban J connectivity index is 3.25. The summed E-state index contributed by atoms with van der Waals surface area (Å²) < 4.78 is 0.370. The lowest BCUT2D eigenvalue weighted by Crippen LogP contribution is -1.94. The molecule has 0 aromatic carbocycles. The molecule has 0 aliphatic heterocycles. The van der Waals surface area contributed by atoms with Gasteiger partial charge >= 0.3 is 5.97 Å². The minimum absolute atomic E-state index is 0.178. The zero-order chi connectivity index (χ0) is 11.4. The second-order valence-corrected chi connectivity index (χ2v) is 3.34. The van der Waals surface area contributed by atoms with Crippen molar-refractivity contribution in [2.75, 3.05) is 0 Å². The van der Waals surface area contributed by atoms with E-state index in [2.05, 4.69) is 20.9 Å². The molecular weight excluding hydrogens is 268 g/mol. The summed E-state index contributed by atoms with van der Waals surface area (Å²) in [6.45, 7) is 0. The van der Waals surface area contributed by atoms with E-state index in [-0.39, 0.29) is 11.3 Å². The topological polar surface area (TPSA) is 93.3 Å². The summed E-state index contributed by atoms with van der Waals surface area (Å²) in [5.74, 6) is -1.17. The smallest absolute Gasteiger partial charge is 0.328 e. The Morgan fingerprint density at radius 1 is 1.60 bits per heavy atom. The molecule has 6 nitrogen and oxygen atoms in total. The van der Waals surface area contributed by atoms with Crippen LogP contribution in [0.15, 0.2) is 22.9 Å². The monoisotopic (exact) mass is 272 g/mol. The third-order valence-electron chi connectivity index (χ3n) is 1.51. The molecule has 1 N–H and O–H groups in total. The molecule has 0 amide bonds. The molecule has 0 atom stereocenters. The highest BCUT2D eigenvalue weighted by Crippen LogP contribution is 2.26. The number of nitrogens with zero attached hydrogens (tertiary/aromatic N) is 2. The summed E-state index contributed by atoms with van der Waals surface area (Å²) in [6, 6.07) is 0. The normalized spacial score (nSPS) is 10.5. The van der Waals surface area contributed by atoms with Crippen LogP contribution in [0.2, 0.25) is 0 Å². The molecule has 1 heterocycles. The molecule has 15 heavy (non-hydrogen) atoms. The third-order valence-corrected chi connectivity index (χ3v) is 2.14. The maximum absolute atomic E-state index is 10.6. The molecule has 0 fully saturated rings. The molecule has 0 saturated heterocycles. The van der Waals surface area contributed by atoms with Crippen molar-refractivity contribution in [3.8, 4) is 0 Å². The second kappa shape index (κ2) is 4.65. The standard InChI is InChI=1S/C8H5BrN2O4/c9-6-3-10-4-7(11(14)15)5(6)1-2-8(12)13/h1-4H,(H,12,13)/b2-1+. The lowest BCUT2D eigenvalue weighted by atomic mass is 10.2. The number of carboxylic acids is 1. The maximum Gasteiger partial charge on any atom is 0.328 e. The van der Waals surface area contributed by atoms with Crippen molar-refractivity contribution in [1.82, 2.24) is 4.98 Å². The van der Waals surface area contributed by atoms with Gasteiger partial charge in [0.15, 0.2) is 0 Å². The molecule has 1 aromatic heterocycles. The Labute approximate surface area is 92.5 Å². The number of nitro groups is 1. The molecule has 78 valence electrons. The molecule has 7 heteroatoms. The number of aliphatic carboxylic acids is 1. The Bertz CT molecular complexity index is 444. The molecule has 0 spiro atoms. The minimum atomic E-state index is -1.17. The lowest BCUT2D eigenvalue weighted by Gasteiger charge is -1.98. The van der Waals surface area contributed by atoms with Gasteiger partial charge in [0.05, 0.1) is 10.5 Å². The molecule has 0 unspecified atom stereocenters. The van der Waals surface area contributed by atoms with Crippen LogP contribution < -0.4 is 0 Å². The summed E-state index contributed by atoms with van der Waals surface area (Å²) in [4.78, 5) is 23.9. The van der Waals surface area contributed by atoms with Crippen molar-refractivity contribution in [1.29, 1.82) is 0 Å². The number of carboxylic acid groups (broad SMARTS) is 1. The number of hydrogen-bond acceptors (Lipinski definition) is 4. The van der Waals surface area contributed by atoms with Crippen LogP contribution in [0, 0.1) is 10.1 Å². The summed E-state index contributed by atoms with van der Waals surface area (Å²) in [6.07, 6.45) is 4.39. The molecule has 0 saturated carbocycles. The summed E-state index contributed by atoms with van der Waals surface area (Å²) in [5, 5.41) is 19.0. The van der Waals surface area contributed by atoms with E-state index in [1.54, 1.807) is 0 Å². The van der Waals surface area contributed by atoms with E-state index in [0.717, 1.165) is 18.3 Å². The number of hydrogen-bond donors (Lipinski definition) is 1. The second-order valence-electron chi connectivity index (χ2n) is 2.48. The van der Waals surface area contributed by atoms with Gasteiger partial charge in [0.25, 0.3) is 5.69 Å². The molecule has 0 bridgehead atoms. The van der Waals surface area contributed by atoms with Crippen LogP contribution in [-0.2, 0) is 4.79 Å². The van der Waals surface area contributed by atoms with Crippen molar-refractivity contribution in [2.24, 2.45) is 0 Å². The Hall–Kier alpha value is -1.76. The van der Waals surface area contributed by atoms with Gasteiger partial charge in [0.1, 0.15) is 6.20 Å². The summed E-state index contributed by atoms with van der Waals surface area (Å²) in [7, 11) is 0. The maximum atomic E-state index is 10.6. The van der Waals surface area contributed by atoms with Crippen molar-refractivity contribution >= 4 is 33.7 Å². The van der Waals surface area contributed by atoms with Crippen molar-refractivity contribution in [3.63, 3.8) is 0 Å². The van der Waals surface area contributed by atoms with Crippen LogP contribution in [0.4, 0.5) is 5.69 Å². The fourth-order valence-electron chi connectivity index (χ4n) is 0.900. The molecule has 1 aromatic rings. The molecule has 0 aliphatic rings. The van der Waals surface area contributed by atoms with Crippen LogP contribution in [0.25, 0.3) is 6.08 Å². The molecule has 1 rings (SSSR count). The minimum Gasteiger partial charge on any atom is -0.478 e. The van der Waals surface area contributed by atoms with Crippen LogP contribution in [0.1, 0.15) is 5.56 Å². The largest absolute Gasteiger partial charge is 0.478 e. The zero-order valence-electron chi connectivity index (χ0n) is 7.25. The van der Waals surface area contributed by atoms with Gasteiger partial charge in [-0.2, -0.15) is 0 Å². The summed E-state index contributed by atoms with van der Waals surface area (Å²) >= 11 is 3.05. The van der Waals surface area contributed by atoms with Gasteiger partial charge in [0, 0.05) is 16.7 Å². The fraction of sp³-hybridized carbons (Fsp3) is 0. The first-order valence-corrected chi connectivity index (χ1v) is 4.50. The van der Waals surface area contributed by atoms with Gasteiger partial charge < -0.3 is 5.11 Å². The number of rotatable bonds is 3. The van der Waals surface area contributed by atoms with Crippen molar-refractivity contribution < 1.29 is 14.8 Å². The van der Waals surface area contributed by atoms with Gasteiger partial charge in [-0.25, -0.2) is 4.79 Å². The van der Waals surface area contributed by atoms with Crippen molar-refractivity contribution in [3.05, 3.63) is 38.6 Å². The van der Waals surface area contributed by atoms with Gasteiger partial charge in [0.2, 0.25) is 0 Å². The average Bonchev–Trinajstić information content (AvgIpc) is 2.15. The quantitative estimate of drug-likeness (QED) is 0.515. The van der Waals surface area contributed by atoms with E-state index < -0.39 is 10.9 Å². The van der Waals surface area contributed by atoms with Gasteiger partial charge in [-0.05, 0) is 22.0 Å². The van der Waals surface area contributed by atoms with E-state index in [4.69, 9.17) is 5.11 Å². The Morgan fingerprint density at radius 2 is 2.27 bits per heavy atom. The van der Waals surface area contributed by atoms with E-state index in [9.17, 15) is 14.9 Å². The number of halogens is 1. The first kappa shape index (κ1) is 11.3. The molecular formula is C8H5BrN2O4. The van der Waals surface area contributed by atoms with Crippen LogP contribution in [-0.4, -0.2) is 21.0 Å². The van der Waals surface area contributed by atoms with E-state index in [1.165, 1.54) is 6.20 Å². The van der Waals surface area contributed by atoms with Crippen LogP contribution >= 0.6 is 15.9 Å². The zero-order valence-corrected chi connectivity index (χ0v) is 8.84. The van der Waals surface area contributed by atoms with Crippen LogP contribution in [0.3, 0.4) is 0 Å². The predicted molar refractivity (Wildman–Crippen MR) is 55.3 cm³/mol. The van der Waals surface area contributed by atoms with Crippen LogP contribution in [0.5, 0.6) is 0 Å². The first-order chi connectivity index (χ1) is 7.02. The number of carbonyl (C=O) groups is 1. The highest BCUT2D eigenvalue weighted by molar-refractivity contribution is 9.10. The van der Waals surface area contributed by atoms with E-state index in [1.807, 2.05) is 0 Å². The highest BCUT2D eigenvalue weighted by atomic mass is 79.9. The van der Waals surface area contributed by atoms with E-state index >= 15 is 0 Å². The number of aromatic nitrogens is 1. The van der Waals surface area contributed by atoms with Gasteiger partial charge in [-0.15, -0.1) is 0 Å². The Morgan fingerprint density at radius 3 is 2.80 bits per heavy atom. The number of pyridine rings is 1. The highest BCUT2D eigenvalue weighted by Gasteiger charge is 2.14. The van der Waals surface area contributed by atoms with Gasteiger partial charge in [-0.1, -0.05) is 0 Å². The average molecular weight is 273 g/mol.